The van der Waals surface area contributed by atoms with Crippen LogP contribution < -0.4 is 9.80 Å². The Morgan fingerprint density at radius 3 is 2.35 bits per heavy atom. The first-order chi connectivity index (χ1) is 14.8. The number of fused-ring (bicyclic) bond motifs is 1. The fourth-order valence-corrected chi connectivity index (χ4v) is 6.17. The van der Waals surface area contributed by atoms with Crippen LogP contribution in [0.5, 0.6) is 0 Å². The third-order valence-electron chi connectivity index (χ3n) is 6.72. The van der Waals surface area contributed by atoms with Crippen molar-refractivity contribution < 1.29 is 13.2 Å². The number of hydrogen-bond donors (Lipinski definition) is 0. The van der Waals surface area contributed by atoms with Crippen LogP contribution in [0.2, 0.25) is 0 Å². The molecule has 1 aliphatic carbocycles. The zero-order valence-electron chi connectivity index (χ0n) is 18.2. The standard InChI is InChI=1S/C24H29N3O3S/c1-17-3-4-18(2)23(15-17)25-11-13-26(14-12-25)31(29,30)21-7-8-22-20(16-21)9-10-27(22)24(28)19-5-6-19/h3-4,7-8,15-16,19H,5-6,9-14H2,1-2H3. The Morgan fingerprint density at radius 1 is 0.903 bits per heavy atom. The Morgan fingerprint density at radius 2 is 1.65 bits per heavy atom. The van der Waals surface area contributed by atoms with Gasteiger partial charge in [-0.1, -0.05) is 12.1 Å². The first kappa shape index (κ1) is 20.5. The Hall–Kier alpha value is -2.38. The van der Waals surface area contributed by atoms with Gasteiger partial charge in [-0.2, -0.15) is 4.31 Å². The highest BCUT2D eigenvalue weighted by Crippen LogP contribution is 2.37. The lowest BCUT2D eigenvalue weighted by Gasteiger charge is -2.36. The van der Waals surface area contributed by atoms with Crippen molar-refractivity contribution in [3.63, 3.8) is 0 Å². The summed E-state index contributed by atoms with van der Waals surface area (Å²) >= 11 is 0. The van der Waals surface area contributed by atoms with Crippen LogP contribution in [-0.4, -0.2) is 51.4 Å². The highest BCUT2D eigenvalue weighted by atomic mass is 32.2. The summed E-state index contributed by atoms with van der Waals surface area (Å²) in [6, 6.07) is 11.7. The molecule has 2 fully saturated rings. The predicted molar refractivity (Wildman–Crippen MR) is 122 cm³/mol. The van der Waals surface area contributed by atoms with Gasteiger partial charge in [-0.05, 0) is 74.1 Å². The summed E-state index contributed by atoms with van der Waals surface area (Å²) in [4.78, 5) is 16.9. The average molecular weight is 440 g/mol. The van der Waals surface area contributed by atoms with Crippen LogP contribution in [0.1, 0.15) is 29.5 Å². The topological polar surface area (TPSA) is 60.9 Å². The highest BCUT2D eigenvalue weighted by Gasteiger charge is 2.37. The van der Waals surface area contributed by atoms with E-state index in [1.54, 1.807) is 16.4 Å². The van der Waals surface area contributed by atoms with Gasteiger partial charge in [0.1, 0.15) is 0 Å². The van der Waals surface area contributed by atoms with Crippen LogP contribution >= 0.6 is 0 Å². The van der Waals surface area contributed by atoms with Gasteiger partial charge in [0, 0.05) is 50.0 Å². The van der Waals surface area contributed by atoms with Gasteiger partial charge in [-0.15, -0.1) is 0 Å². The highest BCUT2D eigenvalue weighted by molar-refractivity contribution is 7.89. The second kappa shape index (κ2) is 7.64. The van der Waals surface area contributed by atoms with E-state index in [1.807, 2.05) is 11.0 Å². The average Bonchev–Trinajstić information content (AvgIpc) is 3.54. The minimum absolute atomic E-state index is 0.169. The molecule has 5 rings (SSSR count). The van der Waals surface area contributed by atoms with Crippen molar-refractivity contribution in [1.29, 1.82) is 0 Å². The molecule has 0 radical (unpaired) electrons. The number of piperazine rings is 1. The van der Waals surface area contributed by atoms with Crippen molar-refractivity contribution >= 4 is 27.3 Å². The van der Waals surface area contributed by atoms with Crippen molar-refractivity contribution in [3.8, 4) is 0 Å². The number of hydrogen-bond acceptors (Lipinski definition) is 4. The Bertz CT molecular complexity index is 1130. The van der Waals surface area contributed by atoms with E-state index in [0.29, 0.717) is 37.6 Å². The van der Waals surface area contributed by atoms with Crippen LogP contribution in [-0.2, 0) is 21.2 Å². The summed E-state index contributed by atoms with van der Waals surface area (Å²) in [5.41, 5.74) is 5.46. The number of aryl methyl sites for hydroxylation is 2. The maximum atomic E-state index is 13.3. The van der Waals surface area contributed by atoms with Gasteiger partial charge >= 0.3 is 0 Å². The summed E-state index contributed by atoms with van der Waals surface area (Å²) in [5.74, 6) is 0.361. The molecule has 0 N–H and O–H groups in total. The molecule has 6 nitrogen and oxygen atoms in total. The Balaban J connectivity index is 1.31. The molecule has 2 aromatic rings. The second-order valence-corrected chi connectivity index (χ2v) is 10.9. The van der Waals surface area contributed by atoms with Crippen molar-refractivity contribution in [2.45, 2.75) is 38.0 Å². The van der Waals surface area contributed by atoms with E-state index in [1.165, 1.54) is 16.8 Å². The second-order valence-electron chi connectivity index (χ2n) is 8.99. The maximum absolute atomic E-state index is 13.3. The molecule has 3 aliphatic rings. The van der Waals surface area contributed by atoms with Crippen LogP contribution in [0.25, 0.3) is 0 Å². The summed E-state index contributed by atoms with van der Waals surface area (Å²) < 4.78 is 28.2. The van der Waals surface area contributed by atoms with Gasteiger partial charge in [0.05, 0.1) is 4.90 Å². The van der Waals surface area contributed by atoms with E-state index in [4.69, 9.17) is 0 Å². The number of amides is 1. The number of carbonyl (C=O) groups is 1. The first-order valence-corrected chi connectivity index (χ1v) is 12.6. The van der Waals surface area contributed by atoms with Crippen molar-refractivity contribution in [2.24, 2.45) is 5.92 Å². The first-order valence-electron chi connectivity index (χ1n) is 11.1. The van der Waals surface area contributed by atoms with E-state index >= 15 is 0 Å². The summed E-state index contributed by atoms with van der Waals surface area (Å²) in [6.45, 7) is 7.13. The number of anilines is 2. The molecule has 0 spiro atoms. The van der Waals surface area contributed by atoms with E-state index in [-0.39, 0.29) is 11.8 Å². The van der Waals surface area contributed by atoms with Crippen LogP contribution in [0, 0.1) is 19.8 Å². The molecule has 0 atom stereocenters. The summed E-state index contributed by atoms with van der Waals surface area (Å²) in [7, 11) is -3.55. The van der Waals surface area contributed by atoms with E-state index in [0.717, 1.165) is 30.5 Å². The Labute approximate surface area is 184 Å². The smallest absolute Gasteiger partial charge is 0.243 e. The molecule has 2 heterocycles. The lowest BCUT2D eigenvalue weighted by molar-refractivity contribution is -0.119. The number of sulfonamides is 1. The molecular weight excluding hydrogens is 410 g/mol. The fraction of sp³-hybridized carbons (Fsp3) is 0.458. The molecule has 1 amide bonds. The molecule has 7 heteroatoms. The Kier molecular flexibility index (Phi) is 5.06. The third-order valence-corrected chi connectivity index (χ3v) is 8.62. The molecule has 1 saturated carbocycles. The molecule has 1 saturated heterocycles. The molecule has 31 heavy (non-hydrogen) atoms. The zero-order valence-corrected chi connectivity index (χ0v) is 19.0. The van der Waals surface area contributed by atoms with Crippen LogP contribution in [0.4, 0.5) is 11.4 Å². The van der Waals surface area contributed by atoms with E-state index in [2.05, 4.69) is 36.9 Å². The van der Waals surface area contributed by atoms with Crippen LogP contribution in [0.3, 0.4) is 0 Å². The largest absolute Gasteiger partial charge is 0.369 e. The van der Waals surface area contributed by atoms with E-state index < -0.39 is 10.0 Å². The number of benzene rings is 2. The van der Waals surface area contributed by atoms with Crippen molar-refractivity contribution in [1.82, 2.24) is 4.31 Å². The van der Waals surface area contributed by atoms with Gasteiger partial charge in [0.2, 0.25) is 15.9 Å². The molecule has 0 bridgehead atoms. The third kappa shape index (κ3) is 3.74. The summed E-state index contributed by atoms with van der Waals surface area (Å²) in [5, 5.41) is 0. The van der Waals surface area contributed by atoms with Crippen molar-refractivity contribution in [2.75, 3.05) is 42.5 Å². The summed E-state index contributed by atoms with van der Waals surface area (Å²) in [6.07, 6.45) is 2.67. The zero-order chi connectivity index (χ0) is 21.8. The predicted octanol–water partition coefficient (Wildman–Crippen LogP) is 3.11. The van der Waals surface area contributed by atoms with Gasteiger partial charge in [-0.3, -0.25) is 4.79 Å². The SMILES string of the molecule is Cc1ccc(C)c(N2CCN(S(=O)(=O)c3ccc4c(c3)CCN4C(=O)C3CC3)CC2)c1. The van der Waals surface area contributed by atoms with Crippen LogP contribution in [0.15, 0.2) is 41.3 Å². The minimum atomic E-state index is -3.55. The molecule has 164 valence electrons. The quantitative estimate of drug-likeness (QED) is 0.735. The van der Waals surface area contributed by atoms with Crippen molar-refractivity contribution in [3.05, 3.63) is 53.1 Å². The fourth-order valence-electron chi connectivity index (χ4n) is 4.70. The molecular formula is C24H29N3O3S. The number of carbonyl (C=O) groups excluding carboxylic acids is 1. The minimum Gasteiger partial charge on any atom is -0.369 e. The molecule has 2 aliphatic heterocycles. The van der Waals surface area contributed by atoms with Gasteiger partial charge in [0.25, 0.3) is 0 Å². The van der Waals surface area contributed by atoms with Gasteiger partial charge < -0.3 is 9.80 Å². The monoisotopic (exact) mass is 439 g/mol. The lowest BCUT2D eigenvalue weighted by Crippen LogP contribution is -2.48. The van der Waals surface area contributed by atoms with Gasteiger partial charge in [0.15, 0.2) is 0 Å². The number of rotatable bonds is 4. The lowest BCUT2D eigenvalue weighted by atomic mass is 10.1. The normalized spacial score (nSPS) is 19.5. The molecule has 2 aromatic carbocycles. The molecule has 0 aromatic heterocycles. The maximum Gasteiger partial charge on any atom is 0.243 e. The van der Waals surface area contributed by atoms with E-state index in [9.17, 15) is 13.2 Å². The molecule has 0 unspecified atom stereocenters. The number of nitrogens with zero attached hydrogens (tertiary/aromatic N) is 3. The van der Waals surface area contributed by atoms with Gasteiger partial charge in [-0.25, -0.2) is 8.42 Å².